The number of para-hydroxylation sites is 1. The number of hydrogen-bond acceptors (Lipinski definition) is 5. The summed E-state index contributed by atoms with van der Waals surface area (Å²) in [7, 11) is 1.86. The van der Waals surface area contributed by atoms with Crippen molar-refractivity contribution >= 4 is 28.5 Å². The molecule has 0 fully saturated rings. The molecular weight excluding hydrogens is 284 g/mol. The molecule has 21 heavy (non-hydrogen) atoms. The van der Waals surface area contributed by atoms with Gasteiger partial charge in [-0.1, -0.05) is 30.0 Å². The van der Waals surface area contributed by atoms with Gasteiger partial charge in [0.2, 0.25) is 0 Å². The van der Waals surface area contributed by atoms with Crippen LogP contribution in [0, 0.1) is 0 Å². The number of fused-ring (bicyclic) bond motifs is 1. The predicted octanol–water partition coefficient (Wildman–Crippen LogP) is 2.65. The molecule has 5 nitrogen and oxygen atoms in total. The third-order valence-corrected chi connectivity index (χ3v) is 3.99. The first-order valence-electron chi connectivity index (χ1n) is 6.51. The van der Waals surface area contributed by atoms with Crippen LogP contribution in [0.4, 0.5) is 5.82 Å². The van der Waals surface area contributed by atoms with E-state index in [9.17, 15) is 4.79 Å². The van der Waals surface area contributed by atoms with E-state index in [1.165, 1.54) is 24.0 Å². The van der Waals surface area contributed by atoms with Crippen LogP contribution < -0.4 is 10.9 Å². The molecule has 0 spiro atoms. The summed E-state index contributed by atoms with van der Waals surface area (Å²) >= 11 is 1.48. The number of aromatic amines is 1. The molecule has 0 aliphatic carbocycles. The lowest BCUT2D eigenvalue weighted by Crippen LogP contribution is -2.05. The van der Waals surface area contributed by atoms with Gasteiger partial charge >= 0.3 is 0 Å². The van der Waals surface area contributed by atoms with Crippen LogP contribution in [0.5, 0.6) is 0 Å². The minimum absolute atomic E-state index is 0.141. The number of hydrogen-bond donors (Lipinski definition) is 2. The van der Waals surface area contributed by atoms with Gasteiger partial charge in [0.25, 0.3) is 5.56 Å². The van der Waals surface area contributed by atoms with Gasteiger partial charge in [0.1, 0.15) is 5.82 Å². The minimum atomic E-state index is -0.141. The van der Waals surface area contributed by atoms with Gasteiger partial charge in [-0.2, -0.15) is 0 Å². The Labute approximate surface area is 125 Å². The highest BCUT2D eigenvalue weighted by Gasteiger charge is 2.07. The fraction of sp³-hybridized carbons (Fsp3) is 0.133. The molecule has 3 aromatic rings. The largest absolute Gasteiger partial charge is 0.373 e. The van der Waals surface area contributed by atoms with Crippen LogP contribution in [0.1, 0.15) is 5.56 Å². The van der Waals surface area contributed by atoms with Gasteiger partial charge in [0, 0.05) is 36.0 Å². The van der Waals surface area contributed by atoms with Gasteiger partial charge in [0.15, 0.2) is 5.16 Å². The zero-order valence-corrected chi connectivity index (χ0v) is 12.3. The fourth-order valence-electron chi connectivity index (χ4n) is 2.06. The van der Waals surface area contributed by atoms with E-state index in [4.69, 9.17) is 0 Å². The van der Waals surface area contributed by atoms with Crippen LogP contribution >= 0.6 is 11.8 Å². The lowest BCUT2D eigenvalue weighted by Gasteiger charge is -2.09. The Morgan fingerprint density at radius 1 is 1.29 bits per heavy atom. The molecule has 0 saturated heterocycles. The zero-order valence-electron chi connectivity index (χ0n) is 11.5. The van der Waals surface area contributed by atoms with E-state index >= 15 is 0 Å². The summed E-state index contributed by atoms with van der Waals surface area (Å²) < 4.78 is 0. The molecule has 2 heterocycles. The van der Waals surface area contributed by atoms with Crippen molar-refractivity contribution in [2.75, 3.05) is 12.4 Å². The van der Waals surface area contributed by atoms with Gasteiger partial charge in [-0.25, -0.2) is 9.97 Å². The van der Waals surface area contributed by atoms with Gasteiger partial charge in [0.05, 0.1) is 5.52 Å². The van der Waals surface area contributed by atoms with Gasteiger partial charge < -0.3 is 10.3 Å². The maximum Gasteiger partial charge on any atom is 0.251 e. The van der Waals surface area contributed by atoms with Gasteiger partial charge in [-0.15, -0.1) is 0 Å². The number of benzene rings is 1. The van der Waals surface area contributed by atoms with Crippen LogP contribution in [0.15, 0.2) is 52.5 Å². The molecule has 0 aliphatic rings. The first-order chi connectivity index (χ1) is 10.3. The molecule has 2 N–H and O–H groups in total. The molecule has 0 aliphatic heterocycles. The topological polar surface area (TPSA) is 70.7 Å². The molecule has 106 valence electrons. The lowest BCUT2D eigenvalue weighted by atomic mass is 10.1. The average molecular weight is 298 g/mol. The SMILES string of the molecule is CNc1nc2ccccc2cc1CSc1nccc(=O)[nH]1. The van der Waals surface area contributed by atoms with Crippen molar-refractivity contribution < 1.29 is 0 Å². The first-order valence-corrected chi connectivity index (χ1v) is 7.49. The molecule has 3 rings (SSSR count). The maximum absolute atomic E-state index is 11.3. The molecular formula is C15H14N4OS. The Hall–Kier alpha value is -2.34. The standard InChI is InChI=1S/C15H14N4OS/c1-16-14-11(8-10-4-2-3-5-12(10)18-14)9-21-15-17-7-6-13(20)19-15/h2-8H,9H2,1H3,(H,16,18)(H,17,19,20). The van der Waals surface area contributed by atoms with E-state index in [1.807, 2.05) is 31.3 Å². The highest BCUT2D eigenvalue weighted by molar-refractivity contribution is 7.98. The molecule has 0 radical (unpaired) electrons. The number of aromatic nitrogens is 3. The van der Waals surface area contributed by atoms with E-state index in [0.29, 0.717) is 10.9 Å². The van der Waals surface area contributed by atoms with E-state index in [-0.39, 0.29) is 5.56 Å². The molecule has 0 atom stereocenters. The lowest BCUT2D eigenvalue weighted by molar-refractivity contribution is 0.936. The highest BCUT2D eigenvalue weighted by Crippen LogP contribution is 2.26. The summed E-state index contributed by atoms with van der Waals surface area (Å²) in [6.07, 6.45) is 1.51. The summed E-state index contributed by atoms with van der Waals surface area (Å²) in [6.45, 7) is 0. The molecule has 6 heteroatoms. The second kappa shape index (κ2) is 5.97. The Morgan fingerprint density at radius 2 is 2.14 bits per heavy atom. The number of nitrogens with zero attached hydrogens (tertiary/aromatic N) is 2. The van der Waals surface area contributed by atoms with Crippen LogP contribution in [-0.2, 0) is 5.75 Å². The highest BCUT2D eigenvalue weighted by atomic mass is 32.2. The Morgan fingerprint density at radius 3 is 2.95 bits per heavy atom. The monoisotopic (exact) mass is 298 g/mol. The van der Waals surface area contributed by atoms with Crippen molar-refractivity contribution in [3.63, 3.8) is 0 Å². The smallest absolute Gasteiger partial charge is 0.251 e. The van der Waals surface area contributed by atoms with Crippen molar-refractivity contribution in [1.29, 1.82) is 0 Å². The van der Waals surface area contributed by atoms with Crippen LogP contribution in [0.25, 0.3) is 10.9 Å². The Balaban J connectivity index is 1.90. The number of anilines is 1. The quantitative estimate of drug-likeness (QED) is 0.572. The Bertz CT molecular complexity index is 831. The summed E-state index contributed by atoms with van der Waals surface area (Å²) in [6, 6.07) is 11.5. The molecule has 0 unspecified atom stereocenters. The number of nitrogens with one attached hydrogen (secondary N) is 2. The third-order valence-electron chi connectivity index (χ3n) is 3.05. The second-order valence-electron chi connectivity index (χ2n) is 4.47. The third kappa shape index (κ3) is 3.05. The minimum Gasteiger partial charge on any atom is -0.373 e. The van der Waals surface area contributed by atoms with Crippen molar-refractivity contribution in [3.05, 3.63) is 58.5 Å². The molecule has 2 aromatic heterocycles. The predicted molar refractivity (Wildman–Crippen MR) is 85.7 cm³/mol. The van der Waals surface area contributed by atoms with E-state index in [0.717, 1.165) is 22.3 Å². The van der Waals surface area contributed by atoms with Crippen LogP contribution in [0.3, 0.4) is 0 Å². The second-order valence-corrected chi connectivity index (χ2v) is 5.43. The van der Waals surface area contributed by atoms with E-state index in [2.05, 4.69) is 26.3 Å². The van der Waals surface area contributed by atoms with Crippen molar-refractivity contribution in [3.8, 4) is 0 Å². The van der Waals surface area contributed by atoms with Gasteiger partial charge in [-0.05, 0) is 12.1 Å². The normalized spacial score (nSPS) is 10.7. The molecule has 1 aromatic carbocycles. The average Bonchev–Trinajstić information content (AvgIpc) is 2.52. The molecule has 0 saturated carbocycles. The van der Waals surface area contributed by atoms with Crippen LogP contribution in [0.2, 0.25) is 0 Å². The van der Waals surface area contributed by atoms with Crippen molar-refractivity contribution in [2.45, 2.75) is 10.9 Å². The fourth-order valence-corrected chi connectivity index (χ4v) is 2.88. The van der Waals surface area contributed by atoms with Crippen molar-refractivity contribution in [2.24, 2.45) is 0 Å². The zero-order chi connectivity index (χ0) is 14.7. The number of rotatable bonds is 4. The van der Waals surface area contributed by atoms with Crippen LogP contribution in [-0.4, -0.2) is 22.0 Å². The molecule has 0 amide bonds. The van der Waals surface area contributed by atoms with E-state index < -0.39 is 0 Å². The number of thioether (sulfide) groups is 1. The Kier molecular flexibility index (Phi) is 3.87. The summed E-state index contributed by atoms with van der Waals surface area (Å²) in [4.78, 5) is 22.7. The summed E-state index contributed by atoms with van der Waals surface area (Å²) in [5.74, 6) is 1.53. The van der Waals surface area contributed by atoms with Crippen molar-refractivity contribution in [1.82, 2.24) is 15.0 Å². The number of pyridine rings is 1. The number of H-pyrrole nitrogens is 1. The summed E-state index contributed by atoms with van der Waals surface area (Å²) in [5, 5.41) is 4.83. The maximum atomic E-state index is 11.3. The molecule has 0 bridgehead atoms. The first kappa shape index (κ1) is 13.6. The van der Waals surface area contributed by atoms with E-state index in [1.54, 1.807) is 0 Å². The summed E-state index contributed by atoms with van der Waals surface area (Å²) in [5.41, 5.74) is 1.90. The van der Waals surface area contributed by atoms with Gasteiger partial charge in [-0.3, -0.25) is 4.79 Å².